The number of rotatable bonds is 7. The van der Waals surface area contributed by atoms with Gasteiger partial charge in [0.1, 0.15) is 28.7 Å². The molecule has 0 bridgehead atoms. The maximum absolute atomic E-state index is 13.7. The molecule has 0 saturated carbocycles. The highest BCUT2D eigenvalue weighted by atomic mass is 16.3. The van der Waals surface area contributed by atoms with Gasteiger partial charge in [0.15, 0.2) is 11.4 Å². The van der Waals surface area contributed by atoms with Crippen LogP contribution < -0.4 is 10.6 Å². The molecule has 11 heteroatoms. The second-order valence-corrected chi connectivity index (χ2v) is 10.3. The molecule has 0 spiro atoms. The summed E-state index contributed by atoms with van der Waals surface area (Å²) in [5.41, 5.74) is 2.29. The van der Waals surface area contributed by atoms with E-state index in [0.717, 1.165) is 6.20 Å². The SMILES string of the molecule is CCCN(CCC)[C@@H]1C(O)=C(C(N)=O)C(=O)[C@@]2(O)C(O)=C3C(=O)c4c(O)cnc(N(C)C)c4C[C@H]3C[C@@H]12. The minimum absolute atomic E-state index is 0.0505. The molecule has 6 N–H and O–H groups in total. The van der Waals surface area contributed by atoms with E-state index in [2.05, 4.69) is 4.98 Å². The molecule has 0 aliphatic heterocycles. The molecule has 37 heavy (non-hydrogen) atoms. The number of pyridine rings is 1. The number of aliphatic hydroxyl groups is 3. The van der Waals surface area contributed by atoms with Crippen molar-refractivity contribution in [1.29, 1.82) is 0 Å². The fourth-order valence-electron chi connectivity index (χ4n) is 6.30. The number of nitrogens with zero attached hydrogens (tertiary/aromatic N) is 3. The summed E-state index contributed by atoms with van der Waals surface area (Å²) < 4.78 is 0. The Balaban J connectivity index is 1.96. The average molecular weight is 515 g/mol. The average Bonchev–Trinajstić information content (AvgIpc) is 2.81. The first-order valence-corrected chi connectivity index (χ1v) is 12.5. The highest BCUT2D eigenvalue weighted by Crippen LogP contribution is 2.53. The van der Waals surface area contributed by atoms with Crippen LogP contribution in [0.2, 0.25) is 0 Å². The van der Waals surface area contributed by atoms with Gasteiger partial charge in [0.05, 0.1) is 17.8 Å². The normalized spacial score (nSPS) is 27.2. The first kappa shape index (κ1) is 26.6. The molecular weight excluding hydrogens is 480 g/mol. The molecule has 0 radical (unpaired) electrons. The number of ketones is 2. The molecule has 4 atom stereocenters. The van der Waals surface area contributed by atoms with E-state index < -0.39 is 58.0 Å². The Bertz CT molecular complexity index is 1230. The van der Waals surface area contributed by atoms with Crippen molar-refractivity contribution in [2.24, 2.45) is 17.6 Å². The van der Waals surface area contributed by atoms with Crippen molar-refractivity contribution in [2.45, 2.75) is 51.2 Å². The van der Waals surface area contributed by atoms with E-state index in [1.807, 2.05) is 18.7 Å². The van der Waals surface area contributed by atoms with Crippen LogP contribution >= 0.6 is 0 Å². The van der Waals surface area contributed by atoms with E-state index >= 15 is 0 Å². The zero-order chi connectivity index (χ0) is 27.4. The van der Waals surface area contributed by atoms with E-state index in [-0.39, 0.29) is 29.7 Å². The largest absolute Gasteiger partial charge is 0.510 e. The van der Waals surface area contributed by atoms with Gasteiger partial charge >= 0.3 is 0 Å². The lowest BCUT2D eigenvalue weighted by Gasteiger charge is -2.51. The number of aromatic nitrogens is 1. The van der Waals surface area contributed by atoms with Crippen molar-refractivity contribution < 1.29 is 34.8 Å². The number of fused-ring (bicyclic) bond motifs is 3. The number of anilines is 1. The summed E-state index contributed by atoms with van der Waals surface area (Å²) in [6.45, 7) is 4.85. The molecule has 1 amide bonds. The third-order valence-electron chi connectivity index (χ3n) is 7.73. The van der Waals surface area contributed by atoms with Crippen molar-refractivity contribution >= 4 is 23.3 Å². The summed E-state index contributed by atoms with van der Waals surface area (Å²) in [6, 6.07) is -0.985. The second kappa shape index (κ2) is 9.46. The Morgan fingerprint density at radius 3 is 2.32 bits per heavy atom. The Morgan fingerprint density at radius 2 is 1.78 bits per heavy atom. The van der Waals surface area contributed by atoms with Gasteiger partial charge in [-0.05, 0) is 44.7 Å². The summed E-state index contributed by atoms with van der Waals surface area (Å²) in [4.78, 5) is 47.3. The molecule has 0 unspecified atom stereocenters. The standard InChI is InChI=1S/C26H34N4O7/c1-5-7-30(8-6-2)19-14-10-12-9-13-17(15(31)11-28-25(13)29(3)4)20(32)16(12)22(34)26(14,37)23(35)18(21(19)33)24(27)36/h11-12,14,19,31,33-34,37H,5-10H2,1-4H3,(H2,27,36)/t12-,14-,19-,26-/m0/s1. The molecule has 200 valence electrons. The number of aromatic hydroxyl groups is 1. The molecule has 11 nitrogen and oxygen atoms in total. The number of hydrogen-bond donors (Lipinski definition) is 5. The minimum atomic E-state index is -2.65. The van der Waals surface area contributed by atoms with Crippen LogP contribution in [0, 0.1) is 11.8 Å². The highest BCUT2D eigenvalue weighted by Gasteiger charge is 2.63. The van der Waals surface area contributed by atoms with Crippen LogP contribution in [0.4, 0.5) is 5.82 Å². The van der Waals surface area contributed by atoms with E-state index in [1.54, 1.807) is 19.0 Å². The summed E-state index contributed by atoms with van der Waals surface area (Å²) >= 11 is 0. The van der Waals surface area contributed by atoms with E-state index in [9.17, 15) is 34.8 Å². The topological polar surface area (TPSA) is 178 Å². The second-order valence-electron chi connectivity index (χ2n) is 10.3. The van der Waals surface area contributed by atoms with Crippen molar-refractivity contribution in [3.63, 3.8) is 0 Å². The van der Waals surface area contributed by atoms with Crippen LogP contribution in [-0.4, -0.2) is 86.6 Å². The van der Waals surface area contributed by atoms with Crippen LogP contribution in [0.15, 0.2) is 28.9 Å². The highest BCUT2D eigenvalue weighted by molar-refractivity contribution is 6.24. The fraction of sp³-hybridized carbons (Fsp3) is 0.538. The maximum atomic E-state index is 13.7. The fourth-order valence-corrected chi connectivity index (χ4v) is 6.30. The first-order chi connectivity index (χ1) is 17.4. The number of Topliss-reactive ketones (excluding diaryl/α,β-unsaturated/α-hetero) is 2. The van der Waals surface area contributed by atoms with Crippen LogP contribution in [0.3, 0.4) is 0 Å². The zero-order valence-electron chi connectivity index (χ0n) is 21.5. The molecule has 0 aromatic carbocycles. The van der Waals surface area contributed by atoms with Gasteiger partial charge in [-0.1, -0.05) is 13.8 Å². The number of hydrogen-bond acceptors (Lipinski definition) is 10. The monoisotopic (exact) mass is 514 g/mol. The van der Waals surface area contributed by atoms with Gasteiger partial charge in [-0.3, -0.25) is 19.3 Å². The number of nitrogens with two attached hydrogens (primary N) is 1. The van der Waals surface area contributed by atoms with Gasteiger partial charge in [-0.25, -0.2) is 4.98 Å². The minimum Gasteiger partial charge on any atom is -0.510 e. The third kappa shape index (κ3) is 3.79. The summed E-state index contributed by atoms with van der Waals surface area (Å²) in [7, 11) is 3.51. The Kier molecular flexibility index (Phi) is 6.80. The number of primary amides is 1. The number of amides is 1. The molecular formula is C26H34N4O7. The third-order valence-corrected chi connectivity index (χ3v) is 7.73. The Labute approximate surface area is 214 Å². The molecule has 3 aliphatic rings. The van der Waals surface area contributed by atoms with Crippen molar-refractivity contribution in [3.8, 4) is 5.75 Å². The lowest BCUT2D eigenvalue weighted by Crippen LogP contribution is -2.64. The number of carbonyl (C=O) groups is 3. The van der Waals surface area contributed by atoms with Gasteiger partial charge in [-0.15, -0.1) is 0 Å². The number of allylic oxidation sites excluding steroid dienone is 1. The van der Waals surface area contributed by atoms with Crippen molar-refractivity contribution in [1.82, 2.24) is 9.88 Å². The predicted molar refractivity (Wildman–Crippen MR) is 134 cm³/mol. The molecule has 1 aromatic rings. The smallest absolute Gasteiger partial charge is 0.255 e. The van der Waals surface area contributed by atoms with E-state index in [4.69, 9.17) is 5.73 Å². The van der Waals surface area contributed by atoms with Crippen molar-refractivity contribution in [3.05, 3.63) is 40.0 Å². The quantitative estimate of drug-likeness (QED) is 0.331. The number of carbonyl (C=O) groups excluding carboxylic acids is 3. The van der Waals surface area contributed by atoms with Crippen LogP contribution in [0.1, 0.15) is 49.0 Å². The van der Waals surface area contributed by atoms with Gasteiger partial charge in [0.25, 0.3) is 5.91 Å². The van der Waals surface area contributed by atoms with Gasteiger partial charge in [-0.2, -0.15) is 0 Å². The Morgan fingerprint density at radius 1 is 1.16 bits per heavy atom. The molecule has 3 aliphatic carbocycles. The van der Waals surface area contributed by atoms with Gasteiger partial charge in [0, 0.05) is 31.1 Å². The van der Waals surface area contributed by atoms with Gasteiger partial charge in [0.2, 0.25) is 5.78 Å². The summed E-state index contributed by atoms with van der Waals surface area (Å²) in [6.07, 6.45) is 2.78. The maximum Gasteiger partial charge on any atom is 0.255 e. The lowest BCUT2D eigenvalue weighted by molar-refractivity contribution is -0.149. The van der Waals surface area contributed by atoms with E-state index in [1.165, 1.54) is 0 Å². The molecule has 4 rings (SSSR count). The van der Waals surface area contributed by atoms with Crippen LogP contribution in [-0.2, 0) is 16.0 Å². The Hall–Kier alpha value is -3.44. The van der Waals surface area contributed by atoms with Crippen LogP contribution in [0.5, 0.6) is 5.75 Å². The lowest BCUT2D eigenvalue weighted by atomic mass is 9.58. The van der Waals surface area contributed by atoms with E-state index in [0.29, 0.717) is 37.3 Å². The molecule has 1 heterocycles. The predicted octanol–water partition coefficient (Wildman–Crippen LogP) is 1.14. The summed E-state index contributed by atoms with van der Waals surface area (Å²) in [5.74, 6) is -6.15. The first-order valence-electron chi connectivity index (χ1n) is 12.5. The van der Waals surface area contributed by atoms with Gasteiger partial charge < -0.3 is 31.1 Å². The molecule has 1 aromatic heterocycles. The molecule has 0 saturated heterocycles. The summed E-state index contributed by atoms with van der Waals surface area (Å²) in [5, 5.41) is 45.0. The van der Waals surface area contributed by atoms with Crippen LogP contribution in [0.25, 0.3) is 0 Å². The number of aliphatic hydroxyl groups excluding tert-OH is 2. The zero-order valence-corrected chi connectivity index (χ0v) is 21.5. The molecule has 0 fully saturated rings. The van der Waals surface area contributed by atoms with Crippen molar-refractivity contribution in [2.75, 3.05) is 32.1 Å².